The third kappa shape index (κ3) is 4.07. The number of rotatable bonds is 4. The first kappa shape index (κ1) is 17.2. The van der Waals surface area contributed by atoms with Crippen LogP contribution >= 0.6 is 0 Å². The van der Waals surface area contributed by atoms with Crippen molar-refractivity contribution < 1.29 is 13.6 Å². The van der Waals surface area contributed by atoms with E-state index in [0.717, 1.165) is 11.6 Å². The van der Waals surface area contributed by atoms with Crippen LogP contribution in [0.1, 0.15) is 24.9 Å². The van der Waals surface area contributed by atoms with Crippen LogP contribution in [0.25, 0.3) is 0 Å². The van der Waals surface area contributed by atoms with Gasteiger partial charge in [0.15, 0.2) is 0 Å². The lowest BCUT2D eigenvalue weighted by atomic mass is 10.2. The summed E-state index contributed by atoms with van der Waals surface area (Å²) in [6.07, 6.45) is 4.25. The van der Waals surface area contributed by atoms with Crippen molar-refractivity contribution in [3.8, 4) is 0 Å². The Kier molecular flexibility index (Phi) is 4.87. The van der Waals surface area contributed by atoms with Crippen molar-refractivity contribution >= 4 is 11.7 Å². The van der Waals surface area contributed by atoms with Gasteiger partial charge in [0, 0.05) is 44.0 Å². The fraction of sp³-hybridized carbons (Fsp3) is 0.412. The number of urea groups is 1. The average Bonchev–Trinajstić information content (AvgIpc) is 3.16. The van der Waals surface area contributed by atoms with E-state index in [1.54, 1.807) is 10.9 Å². The van der Waals surface area contributed by atoms with Gasteiger partial charge in [-0.25, -0.2) is 13.6 Å². The quantitative estimate of drug-likeness (QED) is 0.891. The first-order valence-electron chi connectivity index (χ1n) is 8.18. The van der Waals surface area contributed by atoms with Crippen molar-refractivity contribution in [1.29, 1.82) is 0 Å². The Balaban J connectivity index is 1.53. The molecule has 2 amide bonds. The molecular formula is C17H21F2N5O. The first-order valence-corrected chi connectivity index (χ1v) is 8.18. The van der Waals surface area contributed by atoms with E-state index in [0.29, 0.717) is 25.2 Å². The molecule has 0 bridgehead atoms. The number of carbonyl (C=O) groups excluding carboxylic acids is 1. The molecule has 25 heavy (non-hydrogen) atoms. The summed E-state index contributed by atoms with van der Waals surface area (Å²) in [7, 11) is 1.82. The van der Waals surface area contributed by atoms with Crippen molar-refractivity contribution in [3.63, 3.8) is 0 Å². The fourth-order valence-electron chi connectivity index (χ4n) is 3.01. The molecule has 0 radical (unpaired) electrons. The minimum Gasteiger partial charge on any atom is -0.367 e. The van der Waals surface area contributed by atoms with Gasteiger partial charge in [0.1, 0.15) is 11.6 Å². The summed E-state index contributed by atoms with van der Waals surface area (Å²) >= 11 is 0. The van der Waals surface area contributed by atoms with Gasteiger partial charge in [0.25, 0.3) is 0 Å². The van der Waals surface area contributed by atoms with Gasteiger partial charge in [-0.05, 0) is 25.5 Å². The zero-order valence-corrected chi connectivity index (χ0v) is 14.2. The van der Waals surface area contributed by atoms with Gasteiger partial charge >= 0.3 is 6.03 Å². The predicted octanol–water partition coefficient (Wildman–Crippen LogP) is 2.34. The van der Waals surface area contributed by atoms with Crippen molar-refractivity contribution in [3.05, 3.63) is 47.8 Å². The minimum atomic E-state index is -0.598. The number of nitrogens with zero attached hydrogens (tertiary/aromatic N) is 3. The maximum Gasteiger partial charge on any atom is 0.315 e. The molecule has 134 valence electrons. The molecule has 1 aliphatic heterocycles. The lowest BCUT2D eigenvalue weighted by molar-refractivity contribution is 0.235. The fourth-order valence-corrected chi connectivity index (χ4v) is 3.01. The number of nitrogens with one attached hydrogen (secondary N) is 2. The number of carbonyl (C=O) groups is 1. The van der Waals surface area contributed by atoms with Crippen LogP contribution in [-0.4, -0.2) is 34.9 Å². The molecule has 1 fully saturated rings. The molecule has 1 aromatic carbocycles. The summed E-state index contributed by atoms with van der Waals surface area (Å²) < 4.78 is 28.6. The van der Waals surface area contributed by atoms with E-state index >= 15 is 0 Å². The van der Waals surface area contributed by atoms with Crippen molar-refractivity contribution in [1.82, 2.24) is 20.4 Å². The number of amides is 2. The van der Waals surface area contributed by atoms with E-state index in [1.807, 2.05) is 25.1 Å². The molecule has 1 aromatic heterocycles. The SMILES string of the molecule is C[C@@H](NC(=O)N[C@@H]1CCN(c2ccc(F)cc2F)C1)c1cnn(C)c1. The third-order valence-electron chi connectivity index (χ3n) is 4.35. The normalized spacial score (nSPS) is 18.2. The van der Waals surface area contributed by atoms with Gasteiger partial charge in [-0.3, -0.25) is 4.68 Å². The molecule has 1 aliphatic rings. The van der Waals surface area contributed by atoms with Gasteiger partial charge in [0.05, 0.1) is 17.9 Å². The Labute approximate surface area is 144 Å². The third-order valence-corrected chi connectivity index (χ3v) is 4.35. The summed E-state index contributed by atoms with van der Waals surface area (Å²) in [4.78, 5) is 14.0. The van der Waals surface area contributed by atoms with Crippen molar-refractivity contribution in [2.45, 2.75) is 25.4 Å². The van der Waals surface area contributed by atoms with Crippen LogP contribution in [0, 0.1) is 11.6 Å². The maximum absolute atomic E-state index is 13.9. The van der Waals surface area contributed by atoms with Crippen molar-refractivity contribution in [2.24, 2.45) is 7.05 Å². The van der Waals surface area contributed by atoms with E-state index in [2.05, 4.69) is 15.7 Å². The van der Waals surface area contributed by atoms with Crippen LogP contribution in [0.3, 0.4) is 0 Å². The zero-order valence-electron chi connectivity index (χ0n) is 14.2. The molecule has 0 saturated carbocycles. The molecule has 0 unspecified atom stereocenters. The second-order valence-electron chi connectivity index (χ2n) is 6.31. The monoisotopic (exact) mass is 349 g/mol. The Hall–Kier alpha value is -2.64. The Morgan fingerprint density at radius 1 is 1.40 bits per heavy atom. The van der Waals surface area contributed by atoms with Gasteiger partial charge in [-0.1, -0.05) is 0 Å². The summed E-state index contributed by atoms with van der Waals surface area (Å²) in [5.41, 5.74) is 1.27. The molecule has 3 rings (SSSR count). The largest absolute Gasteiger partial charge is 0.367 e. The topological polar surface area (TPSA) is 62.2 Å². The molecular weight excluding hydrogens is 328 g/mol. The number of anilines is 1. The van der Waals surface area contributed by atoms with E-state index in [1.165, 1.54) is 12.1 Å². The number of hydrogen-bond acceptors (Lipinski definition) is 3. The lowest BCUT2D eigenvalue weighted by Crippen LogP contribution is -2.44. The van der Waals surface area contributed by atoms with E-state index in [4.69, 9.17) is 0 Å². The summed E-state index contributed by atoms with van der Waals surface area (Å²) in [5.74, 6) is -1.19. The first-order chi connectivity index (χ1) is 11.9. The Morgan fingerprint density at radius 2 is 2.20 bits per heavy atom. The smallest absolute Gasteiger partial charge is 0.315 e. The summed E-state index contributed by atoms with van der Waals surface area (Å²) in [5, 5.41) is 9.85. The molecule has 0 aliphatic carbocycles. The van der Waals surface area contributed by atoms with Crippen LogP contribution in [0.2, 0.25) is 0 Å². The highest BCUT2D eigenvalue weighted by molar-refractivity contribution is 5.75. The predicted molar refractivity (Wildman–Crippen MR) is 90.3 cm³/mol. The number of hydrogen-bond donors (Lipinski definition) is 2. The summed E-state index contributed by atoms with van der Waals surface area (Å²) in [6.45, 7) is 2.97. The highest BCUT2D eigenvalue weighted by Crippen LogP contribution is 2.24. The highest BCUT2D eigenvalue weighted by atomic mass is 19.1. The van der Waals surface area contributed by atoms with Crippen LogP contribution in [0.4, 0.5) is 19.3 Å². The maximum atomic E-state index is 13.9. The minimum absolute atomic E-state index is 0.0921. The highest BCUT2D eigenvalue weighted by Gasteiger charge is 2.26. The van der Waals surface area contributed by atoms with Gasteiger partial charge < -0.3 is 15.5 Å². The lowest BCUT2D eigenvalue weighted by Gasteiger charge is -2.20. The van der Waals surface area contributed by atoms with Crippen LogP contribution in [0.15, 0.2) is 30.6 Å². The molecule has 0 spiro atoms. The average molecular weight is 349 g/mol. The molecule has 2 heterocycles. The van der Waals surface area contributed by atoms with Gasteiger partial charge in [-0.2, -0.15) is 5.10 Å². The molecule has 2 N–H and O–H groups in total. The second kappa shape index (κ2) is 7.08. The van der Waals surface area contributed by atoms with E-state index in [9.17, 15) is 13.6 Å². The Morgan fingerprint density at radius 3 is 2.88 bits per heavy atom. The molecule has 2 atom stereocenters. The summed E-state index contributed by atoms with van der Waals surface area (Å²) in [6, 6.07) is 3.01. The Bertz CT molecular complexity index is 763. The van der Waals surface area contributed by atoms with Gasteiger partial charge in [-0.15, -0.1) is 0 Å². The van der Waals surface area contributed by atoms with Crippen molar-refractivity contribution in [2.75, 3.05) is 18.0 Å². The van der Waals surface area contributed by atoms with Crippen LogP contribution < -0.4 is 15.5 Å². The number of halogens is 2. The molecule has 2 aromatic rings. The van der Waals surface area contributed by atoms with Crippen LogP contribution in [-0.2, 0) is 7.05 Å². The van der Waals surface area contributed by atoms with E-state index < -0.39 is 11.6 Å². The molecule has 8 heteroatoms. The van der Waals surface area contributed by atoms with Crippen LogP contribution in [0.5, 0.6) is 0 Å². The number of aryl methyl sites for hydroxylation is 1. The zero-order chi connectivity index (χ0) is 18.0. The number of benzene rings is 1. The molecule has 6 nitrogen and oxygen atoms in total. The second-order valence-corrected chi connectivity index (χ2v) is 6.31. The molecule has 1 saturated heterocycles. The standard InChI is InChI=1S/C17H21F2N5O/c1-11(12-8-20-23(2)9-12)21-17(25)22-14-5-6-24(10-14)16-4-3-13(18)7-15(16)19/h3-4,7-9,11,14H,5-6,10H2,1-2H3,(H2,21,22,25)/t11-,14-/m1/s1. The van der Waals surface area contributed by atoms with E-state index in [-0.39, 0.29) is 18.1 Å². The number of aromatic nitrogens is 2. The van der Waals surface area contributed by atoms with Gasteiger partial charge in [0.2, 0.25) is 0 Å².